The molecule has 1 heterocycles. The van der Waals surface area contributed by atoms with Crippen molar-refractivity contribution in [3.63, 3.8) is 0 Å². The summed E-state index contributed by atoms with van der Waals surface area (Å²) in [5, 5.41) is 0. The number of benzene rings is 2. The van der Waals surface area contributed by atoms with Crippen molar-refractivity contribution in [2.45, 2.75) is 54.7 Å². The standard InChI is InChI=1S/C26H31F2N3O6S3/c1-16(30-38(33)26(2,3)4)20-13-25(32)31(5)15-22(20)21-12-17(10-11-29-39(34)35)23(28)14-24(21)40(36,37)19-8-6-18(27)7-9-19/h6-9,12-16,30,39H,10-11H2,1-5H3,(H,29,34,35)/t16-,38?/m0/s1. The summed E-state index contributed by atoms with van der Waals surface area (Å²) in [6, 6.07) is 6.78. The summed E-state index contributed by atoms with van der Waals surface area (Å²) in [6.45, 7) is 6.81. The number of nitrogens with zero attached hydrogens (tertiary/aromatic N) is 1. The number of hydrogen-bond donors (Lipinski definition) is 3. The molecule has 0 aliphatic carbocycles. The zero-order valence-corrected chi connectivity index (χ0v) is 25.1. The molecule has 2 N–H and O–H groups in total. The molecule has 0 aliphatic rings. The molecule has 0 radical (unpaired) electrons. The van der Waals surface area contributed by atoms with E-state index in [0.29, 0.717) is 5.56 Å². The van der Waals surface area contributed by atoms with Gasteiger partial charge in [-0.25, -0.2) is 30.3 Å². The van der Waals surface area contributed by atoms with Gasteiger partial charge in [0.25, 0.3) is 5.56 Å². The largest absolute Gasteiger partial charge is 0.598 e. The first-order valence-corrected chi connectivity index (χ1v) is 15.9. The molecule has 3 rings (SSSR count). The van der Waals surface area contributed by atoms with Gasteiger partial charge in [-0.1, -0.05) is 0 Å². The van der Waals surface area contributed by atoms with E-state index >= 15 is 4.39 Å². The van der Waals surface area contributed by atoms with Crippen molar-refractivity contribution in [2.75, 3.05) is 6.54 Å². The number of pyridine rings is 1. The summed E-state index contributed by atoms with van der Waals surface area (Å²) in [5.41, 5.74) is 0.208. The smallest absolute Gasteiger partial charge is 0.250 e. The van der Waals surface area contributed by atoms with Crippen LogP contribution in [0.25, 0.3) is 11.1 Å². The van der Waals surface area contributed by atoms with Crippen LogP contribution in [0.4, 0.5) is 8.78 Å². The van der Waals surface area contributed by atoms with E-state index in [4.69, 9.17) is 0 Å². The van der Waals surface area contributed by atoms with Gasteiger partial charge in [-0.05, 0) is 81.6 Å². The first kappa shape index (κ1) is 31.9. The molecule has 1 aromatic heterocycles. The van der Waals surface area contributed by atoms with Gasteiger partial charge in [0, 0.05) is 48.3 Å². The lowest BCUT2D eigenvalue weighted by atomic mass is 9.95. The van der Waals surface area contributed by atoms with Crippen molar-refractivity contribution in [2.24, 2.45) is 7.05 Å². The van der Waals surface area contributed by atoms with E-state index in [2.05, 4.69) is 9.44 Å². The summed E-state index contributed by atoms with van der Waals surface area (Å²) in [4.78, 5) is 11.9. The average Bonchev–Trinajstić information content (AvgIpc) is 2.85. The highest BCUT2D eigenvalue weighted by atomic mass is 32.2. The Balaban J connectivity index is 2.31. The van der Waals surface area contributed by atoms with Crippen molar-refractivity contribution in [3.05, 3.63) is 81.8 Å². The Morgan fingerprint density at radius 2 is 1.70 bits per heavy atom. The Hall–Kier alpha value is -2.62. The summed E-state index contributed by atoms with van der Waals surface area (Å²) in [6.07, 6.45) is 1.31. The van der Waals surface area contributed by atoms with Crippen molar-refractivity contribution in [1.29, 1.82) is 0 Å². The third-order valence-corrected chi connectivity index (χ3v) is 10.0. The molecule has 3 aromatic rings. The summed E-state index contributed by atoms with van der Waals surface area (Å²) < 4.78 is 96.7. The van der Waals surface area contributed by atoms with Crippen LogP contribution >= 0.6 is 0 Å². The lowest BCUT2D eigenvalue weighted by Gasteiger charge is -2.27. The van der Waals surface area contributed by atoms with Gasteiger partial charge in [0.15, 0.2) is 0 Å². The minimum absolute atomic E-state index is 0.0242. The first-order valence-electron chi connectivity index (χ1n) is 12.1. The second kappa shape index (κ2) is 12.5. The number of hydrogen-bond acceptors (Lipinski definition) is 7. The molecule has 2 aromatic carbocycles. The predicted octanol–water partition coefficient (Wildman–Crippen LogP) is 2.93. The minimum Gasteiger partial charge on any atom is -0.598 e. The third kappa shape index (κ3) is 7.36. The molecule has 0 amide bonds. The van der Waals surface area contributed by atoms with Crippen molar-refractivity contribution in [3.8, 4) is 11.1 Å². The lowest BCUT2D eigenvalue weighted by Crippen LogP contribution is -2.41. The summed E-state index contributed by atoms with van der Waals surface area (Å²) in [5.74, 6) is -1.55. The molecule has 14 heteroatoms. The second-order valence-electron chi connectivity index (χ2n) is 10.1. The number of thiol groups is 1. The Morgan fingerprint density at radius 1 is 1.07 bits per heavy atom. The number of aryl methyl sites for hydroxylation is 1. The Bertz CT molecular complexity index is 1630. The molecule has 0 saturated heterocycles. The predicted molar refractivity (Wildman–Crippen MR) is 150 cm³/mol. The highest BCUT2D eigenvalue weighted by Crippen LogP contribution is 2.37. The van der Waals surface area contributed by atoms with E-state index in [0.717, 1.165) is 30.3 Å². The minimum atomic E-state index is -4.41. The quantitative estimate of drug-likeness (QED) is 0.181. The van der Waals surface area contributed by atoms with Crippen molar-refractivity contribution >= 4 is 32.1 Å². The molecule has 0 aliphatic heterocycles. The fourth-order valence-corrected chi connectivity index (χ4v) is 6.44. The van der Waals surface area contributed by atoms with Gasteiger partial charge in [-0.2, -0.15) is 0 Å². The lowest BCUT2D eigenvalue weighted by molar-refractivity contribution is 0.531. The van der Waals surface area contributed by atoms with Gasteiger partial charge in [-0.15, -0.1) is 4.72 Å². The van der Waals surface area contributed by atoms with E-state index in [1.54, 1.807) is 27.7 Å². The van der Waals surface area contributed by atoms with Crippen LogP contribution in [0.2, 0.25) is 0 Å². The molecular weight excluding hydrogens is 584 g/mol. The van der Waals surface area contributed by atoms with Gasteiger partial charge in [0.05, 0.1) is 15.8 Å². The summed E-state index contributed by atoms with van der Waals surface area (Å²) >= 11 is -1.55. The third-order valence-electron chi connectivity index (χ3n) is 6.05. The van der Waals surface area contributed by atoms with Crippen LogP contribution in [0, 0.1) is 11.6 Å². The highest BCUT2D eigenvalue weighted by Gasteiger charge is 2.31. The van der Waals surface area contributed by atoms with Gasteiger partial charge < -0.3 is 9.12 Å². The van der Waals surface area contributed by atoms with Gasteiger partial charge in [0.1, 0.15) is 16.4 Å². The second-order valence-corrected chi connectivity index (χ2v) is 14.9. The van der Waals surface area contributed by atoms with Crippen LogP contribution in [-0.4, -0.2) is 37.2 Å². The molecule has 0 saturated carbocycles. The fraction of sp³-hybridized carbons (Fsp3) is 0.346. The number of rotatable bonds is 10. The number of sulfone groups is 1. The van der Waals surface area contributed by atoms with Crippen LogP contribution in [-0.2, 0) is 45.6 Å². The molecule has 2 atom stereocenters. The zero-order chi connectivity index (χ0) is 30.0. The Morgan fingerprint density at radius 3 is 2.27 bits per heavy atom. The molecule has 0 spiro atoms. The molecule has 40 heavy (non-hydrogen) atoms. The van der Waals surface area contributed by atoms with Crippen LogP contribution in [0.5, 0.6) is 0 Å². The van der Waals surface area contributed by atoms with E-state index in [1.807, 2.05) is 0 Å². The highest BCUT2D eigenvalue weighted by molar-refractivity contribution is 7.91. The van der Waals surface area contributed by atoms with Gasteiger partial charge in [0.2, 0.25) is 20.7 Å². The topological polar surface area (TPSA) is 137 Å². The SMILES string of the molecule is C[C@H](N[S+]([O-])C(C)(C)C)c1cc(=O)n(C)cc1-c1cc(CCN[SH](=O)=O)c(F)cc1S(=O)(=O)c1ccc(F)cc1. The van der Waals surface area contributed by atoms with Crippen LogP contribution in [0.3, 0.4) is 0 Å². The molecule has 218 valence electrons. The van der Waals surface area contributed by atoms with Crippen LogP contribution in [0.1, 0.15) is 44.9 Å². The zero-order valence-electron chi connectivity index (χ0n) is 22.5. The van der Waals surface area contributed by atoms with Gasteiger partial charge in [-0.3, -0.25) is 4.79 Å². The van der Waals surface area contributed by atoms with Crippen molar-refractivity contribution < 1.29 is 30.2 Å². The molecule has 9 nitrogen and oxygen atoms in total. The van der Waals surface area contributed by atoms with Crippen LogP contribution < -0.4 is 15.0 Å². The normalized spacial score (nSPS) is 13.9. The number of halogens is 2. The van der Waals surface area contributed by atoms with Crippen LogP contribution in [0.15, 0.2) is 63.2 Å². The van der Waals surface area contributed by atoms with E-state index in [1.165, 1.54) is 29.9 Å². The first-order chi connectivity index (χ1) is 18.5. The molecular formula is C26H31F2N3O6S3. The van der Waals surface area contributed by atoms with E-state index < -0.39 is 65.0 Å². The maximum Gasteiger partial charge on any atom is 0.250 e. The maximum absolute atomic E-state index is 15.3. The monoisotopic (exact) mass is 615 g/mol. The summed E-state index contributed by atoms with van der Waals surface area (Å²) in [7, 11) is -5.87. The Kier molecular flexibility index (Phi) is 9.96. The van der Waals surface area contributed by atoms with E-state index in [9.17, 15) is 30.6 Å². The Labute approximate surface area is 236 Å². The van der Waals surface area contributed by atoms with E-state index in [-0.39, 0.29) is 34.6 Å². The number of aromatic nitrogens is 1. The molecule has 0 bridgehead atoms. The van der Waals surface area contributed by atoms with Gasteiger partial charge >= 0.3 is 0 Å². The fourth-order valence-electron chi connectivity index (χ4n) is 3.88. The molecule has 1 unspecified atom stereocenters. The maximum atomic E-state index is 15.3. The number of nitrogens with one attached hydrogen (secondary N) is 2. The molecule has 0 fully saturated rings. The average molecular weight is 616 g/mol. The van der Waals surface area contributed by atoms with Crippen molar-refractivity contribution in [1.82, 2.24) is 14.0 Å².